The minimum absolute atomic E-state index is 0.0598. The molecule has 0 rings (SSSR count). The van der Waals surface area contributed by atoms with E-state index in [0.29, 0.717) is 5.57 Å². The fraction of sp³-hybridized carbons (Fsp3) is 0.333. The number of carbonyl (C=O) groups is 2. The quantitative estimate of drug-likeness (QED) is 0.633. The van der Waals surface area contributed by atoms with Crippen molar-refractivity contribution in [2.75, 3.05) is 0 Å². The number of rotatable bonds is 5. The Bertz CT molecular complexity index is 212. The highest BCUT2D eigenvalue weighted by Crippen LogP contribution is 2.06. The summed E-state index contributed by atoms with van der Waals surface area (Å²) in [7, 11) is 0. The van der Waals surface area contributed by atoms with Gasteiger partial charge in [-0.1, -0.05) is 13.2 Å². The van der Waals surface area contributed by atoms with Gasteiger partial charge >= 0.3 is 5.97 Å². The van der Waals surface area contributed by atoms with Gasteiger partial charge in [0.25, 0.3) is 0 Å². The Kier molecular flexibility index (Phi) is 3.97. The van der Waals surface area contributed by atoms with Crippen molar-refractivity contribution in [3.05, 3.63) is 24.3 Å². The predicted octanol–water partition coefficient (Wildman–Crippen LogP) is 1.55. The van der Waals surface area contributed by atoms with E-state index in [1.807, 2.05) is 0 Å². The Balaban J connectivity index is 3.85. The van der Waals surface area contributed by atoms with E-state index in [1.165, 1.54) is 0 Å². The zero-order valence-electron chi connectivity index (χ0n) is 7.09. The summed E-state index contributed by atoms with van der Waals surface area (Å²) in [5.74, 6) is -1.16. The van der Waals surface area contributed by atoms with E-state index in [2.05, 4.69) is 13.2 Å². The maximum atomic E-state index is 10.9. The van der Waals surface area contributed by atoms with Crippen LogP contribution in [-0.2, 0) is 9.59 Å². The maximum Gasteiger partial charge on any atom is 0.330 e. The average Bonchev–Trinajstić information content (AvgIpc) is 1.98. The second-order valence-electron chi connectivity index (χ2n) is 2.61. The summed E-state index contributed by atoms with van der Waals surface area (Å²) in [6.07, 6.45) is 0.376. The molecule has 0 saturated carbocycles. The summed E-state index contributed by atoms with van der Waals surface area (Å²) >= 11 is 0. The van der Waals surface area contributed by atoms with Gasteiger partial charge in [-0.05, 0) is 18.9 Å². The molecule has 0 aromatic carbocycles. The zero-order chi connectivity index (χ0) is 9.72. The van der Waals surface area contributed by atoms with Gasteiger partial charge in [0.2, 0.25) is 0 Å². The number of hydrogen-bond donors (Lipinski definition) is 1. The topological polar surface area (TPSA) is 54.4 Å². The van der Waals surface area contributed by atoms with Crippen molar-refractivity contribution in [3.8, 4) is 0 Å². The molecule has 0 aliphatic carbocycles. The van der Waals surface area contributed by atoms with E-state index in [-0.39, 0.29) is 24.2 Å². The van der Waals surface area contributed by atoms with Gasteiger partial charge in [-0.3, -0.25) is 4.79 Å². The molecule has 0 spiro atoms. The van der Waals surface area contributed by atoms with Crippen LogP contribution >= 0.6 is 0 Å². The summed E-state index contributed by atoms with van der Waals surface area (Å²) in [4.78, 5) is 21.2. The van der Waals surface area contributed by atoms with Crippen LogP contribution in [-0.4, -0.2) is 16.9 Å². The van der Waals surface area contributed by atoms with Gasteiger partial charge in [-0.2, -0.15) is 0 Å². The van der Waals surface area contributed by atoms with E-state index in [1.54, 1.807) is 6.92 Å². The number of carboxylic acid groups (broad SMARTS) is 1. The van der Waals surface area contributed by atoms with Crippen molar-refractivity contribution >= 4 is 11.8 Å². The van der Waals surface area contributed by atoms with Crippen molar-refractivity contribution < 1.29 is 14.7 Å². The molecule has 3 heteroatoms. The van der Waals surface area contributed by atoms with Crippen LogP contribution in [0.5, 0.6) is 0 Å². The lowest BCUT2D eigenvalue weighted by Crippen LogP contribution is -2.03. The molecule has 0 aliphatic rings. The molecule has 0 saturated heterocycles. The first-order valence-corrected chi connectivity index (χ1v) is 3.55. The van der Waals surface area contributed by atoms with Crippen LogP contribution < -0.4 is 0 Å². The van der Waals surface area contributed by atoms with Crippen LogP contribution in [0.25, 0.3) is 0 Å². The van der Waals surface area contributed by atoms with Crippen molar-refractivity contribution in [1.29, 1.82) is 0 Å². The normalized spacial score (nSPS) is 9.08. The molecule has 0 fully saturated rings. The molecule has 66 valence electrons. The summed E-state index contributed by atoms with van der Waals surface area (Å²) in [5, 5.41) is 8.40. The Morgan fingerprint density at radius 2 is 1.75 bits per heavy atom. The number of carboxylic acids is 1. The van der Waals surface area contributed by atoms with Crippen LogP contribution in [0.3, 0.4) is 0 Å². The van der Waals surface area contributed by atoms with Crippen LogP contribution in [0, 0.1) is 0 Å². The third-order valence-corrected chi connectivity index (χ3v) is 1.43. The lowest BCUT2D eigenvalue weighted by Gasteiger charge is -1.98. The molecule has 0 heterocycles. The van der Waals surface area contributed by atoms with E-state index in [4.69, 9.17) is 5.11 Å². The second-order valence-corrected chi connectivity index (χ2v) is 2.61. The van der Waals surface area contributed by atoms with Gasteiger partial charge in [0, 0.05) is 12.0 Å². The van der Waals surface area contributed by atoms with E-state index >= 15 is 0 Å². The molecule has 0 aromatic rings. The molecule has 0 amide bonds. The van der Waals surface area contributed by atoms with Crippen LogP contribution in [0.2, 0.25) is 0 Å². The first-order chi connectivity index (χ1) is 5.45. The summed E-state index contributed by atoms with van der Waals surface area (Å²) in [6.45, 7) is 8.36. The van der Waals surface area contributed by atoms with Crippen LogP contribution in [0.1, 0.15) is 19.8 Å². The number of ketones is 1. The zero-order valence-corrected chi connectivity index (χ0v) is 7.09. The van der Waals surface area contributed by atoms with Crippen LogP contribution in [0.4, 0.5) is 0 Å². The molecule has 12 heavy (non-hydrogen) atoms. The van der Waals surface area contributed by atoms with Gasteiger partial charge in [0.1, 0.15) is 0 Å². The molecule has 0 atom stereocenters. The molecule has 0 unspecified atom stereocenters. The molecule has 0 aromatic heterocycles. The number of hydrogen-bond acceptors (Lipinski definition) is 2. The first kappa shape index (κ1) is 10.6. The van der Waals surface area contributed by atoms with Crippen molar-refractivity contribution in [2.45, 2.75) is 19.8 Å². The van der Waals surface area contributed by atoms with Gasteiger partial charge < -0.3 is 5.11 Å². The summed E-state index contributed by atoms with van der Waals surface area (Å²) < 4.78 is 0. The van der Waals surface area contributed by atoms with E-state index in [9.17, 15) is 9.59 Å². The maximum absolute atomic E-state index is 10.9. The fourth-order valence-corrected chi connectivity index (χ4v) is 0.585. The lowest BCUT2D eigenvalue weighted by atomic mass is 10.1. The van der Waals surface area contributed by atoms with Crippen LogP contribution in [0.15, 0.2) is 24.3 Å². The molecule has 3 nitrogen and oxygen atoms in total. The standard InChI is InChI=1S/C9H12O3/c1-6(2)8(10)5-4-7(3)9(11)12/h1,3-5H2,2H3,(H,11,12). The molecular formula is C9H12O3. The fourth-order valence-electron chi connectivity index (χ4n) is 0.585. The van der Waals surface area contributed by atoms with Gasteiger partial charge in [-0.15, -0.1) is 0 Å². The Morgan fingerprint density at radius 1 is 1.25 bits per heavy atom. The smallest absolute Gasteiger partial charge is 0.330 e. The summed E-state index contributed by atoms with van der Waals surface area (Å²) in [5.41, 5.74) is 0.512. The molecule has 0 radical (unpaired) electrons. The molecular weight excluding hydrogens is 156 g/mol. The minimum atomic E-state index is -1.05. The van der Waals surface area contributed by atoms with Gasteiger partial charge in [0.15, 0.2) is 5.78 Å². The van der Waals surface area contributed by atoms with Gasteiger partial charge in [0.05, 0.1) is 0 Å². The van der Waals surface area contributed by atoms with E-state index < -0.39 is 5.97 Å². The highest BCUT2D eigenvalue weighted by Gasteiger charge is 2.07. The van der Waals surface area contributed by atoms with Crippen molar-refractivity contribution in [2.24, 2.45) is 0 Å². The van der Waals surface area contributed by atoms with Crippen molar-refractivity contribution in [3.63, 3.8) is 0 Å². The lowest BCUT2D eigenvalue weighted by molar-refractivity contribution is -0.132. The third-order valence-electron chi connectivity index (χ3n) is 1.43. The second kappa shape index (κ2) is 4.49. The third kappa shape index (κ3) is 3.71. The Morgan fingerprint density at radius 3 is 2.08 bits per heavy atom. The minimum Gasteiger partial charge on any atom is -0.478 e. The summed E-state index contributed by atoms with van der Waals surface area (Å²) in [6, 6.07) is 0. The monoisotopic (exact) mass is 168 g/mol. The Hall–Kier alpha value is -1.38. The number of carbonyl (C=O) groups excluding carboxylic acids is 1. The average molecular weight is 168 g/mol. The first-order valence-electron chi connectivity index (χ1n) is 3.55. The predicted molar refractivity (Wildman–Crippen MR) is 45.8 cm³/mol. The van der Waals surface area contributed by atoms with Gasteiger partial charge in [-0.25, -0.2) is 4.79 Å². The number of Topliss-reactive ketones (excluding diaryl/α,β-unsaturated/α-hetero) is 1. The SMILES string of the molecule is C=C(C)C(=O)CCC(=C)C(=O)O. The highest BCUT2D eigenvalue weighted by molar-refractivity contribution is 5.95. The highest BCUT2D eigenvalue weighted by atomic mass is 16.4. The molecule has 0 bridgehead atoms. The Labute approximate surface area is 71.4 Å². The molecule has 1 N–H and O–H groups in total. The van der Waals surface area contributed by atoms with Crippen molar-refractivity contribution in [1.82, 2.24) is 0 Å². The number of allylic oxidation sites excluding steroid dienone is 1. The van der Waals surface area contributed by atoms with E-state index in [0.717, 1.165) is 0 Å². The number of aliphatic carboxylic acids is 1. The molecule has 0 aliphatic heterocycles. The largest absolute Gasteiger partial charge is 0.478 e.